The van der Waals surface area contributed by atoms with E-state index in [1.807, 2.05) is 22.8 Å². The van der Waals surface area contributed by atoms with Crippen LogP contribution < -0.4 is 16.0 Å². The first-order valence-corrected chi connectivity index (χ1v) is 8.74. The van der Waals surface area contributed by atoms with E-state index in [2.05, 4.69) is 18.8 Å². The zero-order chi connectivity index (χ0) is 18.0. The van der Waals surface area contributed by atoms with Crippen molar-refractivity contribution in [1.29, 1.82) is 0 Å². The molecule has 1 aromatic rings. The van der Waals surface area contributed by atoms with E-state index in [-0.39, 0.29) is 5.56 Å². The molecule has 0 N–H and O–H groups in total. The van der Waals surface area contributed by atoms with Gasteiger partial charge in [0.1, 0.15) is 5.75 Å². The number of hydrogen-bond donors (Lipinski definition) is 0. The Hall–Kier alpha value is -2.63. The molecule has 0 atom stereocenters. The first-order valence-electron chi connectivity index (χ1n) is 8.74. The summed E-state index contributed by atoms with van der Waals surface area (Å²) >= 11 is 0. The van der Waals surface area contributed by atoms with Gasteiger partial charge in [-0.2, -0.15) is 4.98 Å². The summed E-state index contributed by atoms with van der Waals surface area (Å²) in [6, 6.07) is 7.64. The van der Waals surface area contributed by atoms with E-state index in [0.717, 1.165) is 40.5 Å². The lowest BCUT2D eigenvalue weighted by molar-refractivity contribution is 0.309. The van der Waals surface area contributed by atoms with Gasteiger partial charge in [0.25, 0.3) is 5.56 Å². The van der Waals surface area contributed by atoms with Gasteiger partial charge >= 0.3 is 5.69 Å². The van der Waals surface area contributed by atoms with Crippen molar-refractivity contribution >= 4 is 10.9 Å². The molecule has 1 aromatic carbocycles. The average Bonchev–Trinajstić information content (AvgIpc) is 2.61. The largest absolute Gasteiger partial charge is 0.494 e. The third kappa shape index (κ3) is 3.16. The van der Waals surface area contributed by atoms with Gasteiger partial charge in [0.05, 0.1) is 17.7 Å². The van der Waals surface area contributed by atoms with Gasteiger partial charge in [-0.05, 0) is 36.4 Å². The Morgan fingerprint density at radius 2 is 1.92 bits per heavy atom. The van der Waals surface area contributed by atoms with Crippen molar-refractivity contribution in [3.8, 4) is 17.1 Å². The lowest BCUT2D eigenvalue weighted by Crippen LogP contribution is -2.35. The molecule has 2 aliphatic heterocycles. The van der Waals surface area contributed by atoms with Gasteiger partial charge < -0.3 is 9.30 Å². The maximum Gasteiger partial charge on any atom is 0.352 e. The van der Waals surface area contributed by atoms with E-state index >= 15 is 0 Å². The van der Waals surface area contributed by atoms with Crippen LogP contribution in [0.15, 0.2) is 33.9 Å². The van der Waals surface area contributed by atoms with Crippen LogP contribution in [0, 0.1) is 0 Å². The van der Waals surface area contributed by atoms with Gasteiger partial charge in [-0.15, -0.1) is 0 Å². The number of aromatic nitrogens is 3. The van der Waals surface area contributed by atoms with Crippen LogP contribution in [0.4, 0.5) is 0 Å². The Kier molecular flexibility index (Phi) is 4.88. The van der Waals surface area contributed by atoms with Crippen LogP contribution in [0.1, 0.15) is 33.1 Å². The molecule has 25 heavy (non-hydrogen) atoms. The van der Waals surface area contributed by atoms with Crippen molar-refractivity contribution < 1.29 is 4.74 Å². The number of nitrogens with zero attached hydrogens (tertiary/aromatic N) is 3. The summed E-state index contributed by atoms with van der Waals surface area (Å²) in [4.78, 5) is 28.6. The van der Waals surface area contributed by atoms with Crippen molar-refractivity contribution in [2.24, 2.45) is 7.05 Å². The zero-order valence-corrected chi connectivity index (χ0v) is 14.9. The van der Waals surface area contributed by atoms with Gasteiger partial charge in [0.15, 0.2) is 5.82 Å². The molecule has 0 amide bonds. The minimum atomic E-state index is -0.531. The summed E-state index contributed by atoms with van der Waals surface area (Å²) in [7, 11) is 1.45. The fourth-order valence-corrected chi connectivity index (χ4v) is 2.94. The van der Waals surface area contributed by atoms with Crippen molar-refractivity contribution in [3.05, 3.63) is 45.1 Å². The third-order valence-electron chi connectivity index (χ3n) is 4.33. The molecule has 0 unspecified atom stereocenters. The minimum Gasteiger partial charge on any atom is -0.494 e. The number of unbranched alkanes of at least 4 members (excludes halogenated alkanes) is 1. The van der Waals surface area contributed by atoms with Crippen LogP contribution in [-0.2, 0) is 13.6 Å². The van der Waals surface area contributed by atoms with E-state index < -0.39 is 5.69 Å². The standard InChI is InChI=1S/C19H23N3O3/c1-4-6-10-25-14-8-7-13-11-15-17(20-19(24)21(3)18(15)23)22(9-5-2)16(13)12-14/h7-8,11-12H,4-6,9-10H2,1-3H3. The zero-order valence-electron chi connectivity index (χ0n) is 14.9. The second kappa shape index (κ2) is 7.09. The Balaban J connectivity index is 2.26. The number of pyridine rings is 1. The molecule has 0 spiro atoms. The molecule has 2 heterocycles. The smallest absolute Gasteiger partial charge is 0.352 e. The highest BCUT2D eigenvalue weighted by Crippen LogP contribution is 2.27. The van der Waals surface area contributed by atoms with E-state index in [4.69, 9.17) is 4.74 Å². The molecule has 132 valence electrons. The molecule has 0 saturated carbocycles. The maximum absolute atomic E-state index is 12.5. The van der Waals surface area contributed by atoms with Gasteiger partial charge in [0, 0.05) is 19.7 Å². The Bertz CT molecular complexity index is 988. The predicted molar refractivity (Wildman–Crippen MR) is 98.6 cm³/mol. The van der Waals surface area contributed by atoms with Crippen molar-refractivity contribution in [3.63, 3.8) is 0 Å². The topological polar surface area (TPSA) is 66.1 Å². The first kappa shape index (κ1) is 17.2. The Morgan fingerprint density at radius 3 is 2.64 bits per heavy atom. The first-order chi connectivity index (χ1) is 12.1. The van der Waals surface area contributed by atoms with E-state index in [0.29, 0.717) is 24.5 Å². The number of rotatable bonds is 6. The molecular formula is C19H23N3O3. The summed E-state index contributed by atoms with van der Waals surface area (Å²) in [6.07, 6.45) is 2.94. The monoisotopic (exact) mass is 341 g/mol. The molecule has 2 aliphatic rings. The fraction of sp³-hybridized carbons (Fsp3) is 0.421. The van der Waals surface area contributed by atoms with Crippen LogP contribution in [0.5, 0.6) is 5.75 Å². The number of aryl methyl sites for hydroxylation is 1. The lowest BCUT2D eigenvalue weighted by Gasteiger charge is -2.18. The number of benzene rings is 1. The second-order valence-electron chi connectivity index (χ2n) is 6.21. The van der Waals surface area contributed by atoms with Crippen LogP contribution in [-0.4, -0.2) is 20.7 Å². The van der Waals surface area contributed by atoms with Crippen molar-refractivity contribution in [2.45, 2.75) is 39.7 Å². The van der Waals surface area contributed by atoms with E-state index in [9.17, 15) is 9.59 Å². The van der Waals surface area contributed by atoms with Crippen molar-refractivity contribution in [2.75, 3.05) is 6.61 Å². The molecule has 0 radical (unpaired) electrons. The average molecular weight is 341 g/mol. The molecule has 0 aliphatic carbocycles. The van der Waals surface area contributed by atoms with Gasteiger partial charge in [-0.1, -0.05) is 20.3 Å². The minimum absolute atomic E-state index is 0.315. The summed E-state index contributed by atoms with van der Waals surface area (Å²) in [5.74, 6) is 1.23. The van der Waals surface area contributed by atoms with Gasteiger partial charge in [-0.3, -0.25) is 9.36 Å². The molecule has 0 fully saturated rings. The van der Waals surface area contributed by atoms with Crippen LogP contribution >= 0.6 is 0 Å². The normalized spacial score (nSPS) is 11.3. The molecule has 3 rings (SSSR count). The van der Waals surface area contributed by atoms with Crippen LogP contribution in [0.25, 0.3) is 22.3 Å². The molecule has 0 saturated heterocycles. The number of ether oxygens (including phenoxy) is 1. The summed E-state index contributed by atoms with van der Waals surface area (Å²) in [5, 5.41) is 0.932. The fourth-order valence-electron chi connectivity index (χ4n) is 2.94. The quantitative estimate of drug-likeness (QED) is 0.511. The maximum atomic E-state index is 12.5. The molecule has 6 heteroatoms. The lowest BCUT2D eigenvalue weighted by atomic mass is 10.1. The highest BCUT2D eigenvalue weighted by atomic mass is 16.5. The highest BCUT2D eigenvalue weighted by Gasteiger charge is 2.18. The summed E-state index contributed by atoms with van der Waals surface area (Å²) in [5.41, 5.74) is 0.535. The number of hydrogen-bond acceptors (Lipinski definition) is 4. The van der Waals surface area contributed by atoms with Gasteiger partial charge in [0.2, 0.25) is 0 Å². The molecular weight excluding hydrogens is 318 g/mol. The molecule has 0 bridgehead atoms. The van der Waals surface area contributed by atoms with Crippen LogP contribution in [0.3, 0.4) is 0 Å². The highest BCUT2D eigenvalue weighted by molar-refractivity contribution is 5.86. The molecule has 0 aromatic heterocycles. The second-order valence-corrected chi connectivity index (χ2v) is 6.21. The van der Waals surface area contributed by atoms with Crippen molar-refractivity contribution in [1.82, 2.24) is 14.1 Å². The third-order valence-corrected chi connectivity index (χ3v) is 4.33. The van der Waals surface area contributed by atoms with E-state index in [1.165, 1.54) is 7.05 Å². The number of fused-ring (bicyclic) bond motifs is 2. The summed E-state index contributed by atoms with van der Waals surface area (Å²) in [6.45, 7) is 5.52. The SMILES string of the molecule is CCCCOc1ccc2cc3c(=O)n(C)c(=O)nc-3n(CCC)c2c1. The Labute approximate surface area is 146 Å². The summed E-state index contributed by atoms with van der Waals surface area (Å²) < 4.78 is 8.80. The van der Waals surface area contributed by atoms with E-state index in [1.54, 1.807) is 6.07 Å². The molecule has 6 nitrogen and oxygen atoms in total. The Morgan fingerprint density at radius 1 is 1.12 bits per heavy atom. The van der Waals surface area contributed by atoms with Crippen LogP contribution in [0.2, 0.25) is 0 Å². The predicted octanol–water partition coefficient (Wildman–Crippen LogP) is 2.79. The van der Waals surface area contributed by atoms with Gasteiger partial charge in [-0.25, -0.2) is 4.79 Å².